The summed E-state index contributed by atoms with van der Waals surface area (Å²) >= 11 is 16.7. The lowest BCUT2D eigenvalue weighted by atomic mass is 9.92. The lowest BCUT2D eigenvalue weighted by molar-refractivity contribution is 1.63. The maximum Gasteiger partial charge on any atom is 0.0527 e. The molecule has 0 spiro atoms. The Hall–Kier alpha value is -3.48. The molecule has 1 aromatic carbocycles. The van der Waals surface area contributed by atoms with E-state index in [1.54, 1.807) is 0 Å². The van der Waals surface area contributed by atoms with E-state index in [4.69, 9.17) is 0 Å². The van der Waals surface area contributed by atoms with Gasteiger partial charge in [-0.1, -0.05) is 36.4 Å². The van der Waals surface area contributed by atoms with Crippen LogP contribution in [0.1, 0.15) is 0 Å². The van der Waals surface area contributed by atoms with E-state index in [9.17, 15) is 0 Å². The van der Waals surface area contributed by atoms with Gasteiger partial charge >= 0.3 is 0 Å². The predicted molar refractivity (Wildman–Crippen MR) is 236 cm³/mol. The Morgan fingerprint density at radius 3 is 0.745 bits per heavy atom. The first-order valence-electron chi connectivity index (χ1n) is 16.1. The smallest absolute Gasteiger partial charge is 0.0527 e. The Morgan fingerprint density at radius 2 is 0.510 bits per heavy atom. The summed E-state index contributed by atoms with van der Waals surface area (Å²) in [5.74, 6) is 0. The van der Waals surface area contributed by atoms with E-state index >= 15 is 0 Å². The maximum atomic E-state index is 2.45. The van der Waals surface area contributed by atoms with Crippen molar-refractivity contribution in [1.29, 1.82) is 0 Å². The molecular formula is C42H24S9. The fraction of sp³-hybridized carbons (Fsp3) is 0. The van der Waals surface area contributed by atoms with Gasteiger partial charge in [0.15, 0.2) is 0 Å². The van der Waals surface area contributed by atoms with Crippen LogP contribution in [0.3, 0.4) is 0 Å². The summed E-state index contributed by atoms with van der Waals surface area (Å²) in [5, 5.41) is 13.1. The van der Waals surface area contributed by atoms with Crippen molar-refractivity contribution in [1.82, 2.24) is 0 Å². The number of rotatable bonds is 9. The predicted octanol–water partition coefficient (Wildman–Crippen LogP) is 17.2. The highest BCUT2D eigenvalue weighted by Gasteiger charge is 2.23. The van der Waals surface area contributed by atoms with Crippen molar-refractivity contribution in [3.05, 3.63) is 141 Å². The molecule has 9 heteroatoms. The second kappa shape index (κ2) is 13.8. The van der Waals surface area contributed by atoms with Crippen LogP contribution in [0.2, 0.25) is 0 Å². The highest BCUT2D eigenvalue weighted by Crippen LogP contribution is 2.52. The van der Waals surface area contributed by atoms with Crippen molar-refractivity contribution in [3.8, 4) is 91.9 Å². The van der Waals surface area contributed by atoms with Gasteiger partial charge in [0.2, 0.25) is 0 Å². The lowest BCUT2D eigenvalue weighted by Gasteiger charge is -2.12. The van der Waals surface area contributed by atoms with Gasteiger partial charge < -0.3 is 0 Å². The van der Waals surface area contributed by atoms with E-state index < -0.39 is 0 Å². The van der Waals surface area contributed by atoms with Gasteiger partial charge in [-0.05, 0) is 122 Å². The molecule has 10 rings (SSSR count). The van der Waals surface area contributed by atoms with Crippen LogP contribution in [0.25, 0.3) is 91.9 Å². The van der Waals surface area contributed by atoms with Crippen LogP contribution in [0.15, 0.2) is 141 Å². The molecule has 9 heterocycles. The van der Waals surface area contributed by atoms with Crippen LogP contribution in [0.5, 0.6) is 0 Å². The molecule has 246 valence electrons. The molecule has 0 N–H and O–H groups in total. The zero-order valence-electron chi connectivity index (χ0n) is 26.5. The first kappa shape index (κ1) is 32.2. The summed E-state index contributed by atoms with van der Waals surface area (Å²) in [4.78, 5) is 15.9. The largest absolute Gasteiger partial charge is 0.143 e. The van der Waals surface area contributed by atoms with Gasteiger partial charge in [0, 0.05) is 60.6 Å². The van der Waals surface area contributed by atoms with Crippen LogP contribution in [-0.2, 0) is 0 Å². The first-order chi connectivity index (χ1) is 25.2. The lowest BCUT2D eigenvalue weighted by Crippen LogP contribution is -1.86. The standard InChI is InChI=1S/C42H24S9/c1-7-31(43-13-1)37-22-28(40(49-37)34-10-4-16-46-34)25-19-26(29-23-38(32-8-2-14-44-32)50-41(29)35-11-5-17-47-35)21-27(20-25)30-24-39(33-9-3-15-45-33)51-42(30)36-12-6-18-48-36/h1-24H. The molecule has 0 fully saturated rings. The van der Waals surface area contributed by atoms with E-state index in [1.165, 1.54) is 91.9 Å². The second-order valence-electron chi connectivity index (χ2n) is 11.7. The third-order valence-electron chi connectivity index (χ3n) is 8.59. The summed E-state index contributed by atoms with van der Waals surface area (Å²) in [7, 11) is 0. The van der Waals surface area contributed by atoms with Crippen molar-refractivity contribution >= 4 is 102 Å². The quantitative estimate of drug-likeness (QED) is 0.136. The minimum absolute atomic E-state index is 1.26. The molecule has 0 unspecified atom stereocenters. The molecule has 0 radical (unpaired) electrons. The minimum Gasteiger partial charge on any atom is -0.143 e. The minimum atomic E-state index is 1.26. The Kier molecular flexibility index (Phi) is 8.72. The molecule has 0 aliphatic rings. The molecule has 0 bridgehead atoms. The molecular weight excluding hydrogens is 793 g/mol. The van der Waals surface area contributed by atoms with Gasteiger partial charge in [-0.15, -0.1) is 102 Å². The Balaban J connectivity index is 1.25. The number of benzene rings is 1. The van der Waals surface area contributed by atoms with E-state index in [0.717, 1.165) is 0 Å². The monoisotopic (exact) mass is 816 g/mol. The van der Waals surface area contributed by atoms with Crippen LogP contribution in [-0.4, -0.2) is 0 Å². The fourth-order valence-corrected chi connectivity index (χ4v) is 14.9. The molecule has 0 nitrogen and oxygen atoms in total. The molecule has 10 aromatic rings. The molecule has 9 aromatic heterocycles. The molecule has 0 aliphatic heterocycles. The summed E-state index contributed by atoms with van der Waals surface area (Å²) in [6.45, 7) is 0. The maximum absolute atomic E-state index is 2.45. The highest BCUT2D eigenvalue weighted by molar-refractivity contribution is 7.27. The van der Waals surface area contributed by atoms with Crippen molar-refractivity contribution in [3.63, 3.8) is 0 Å². The van der Waals surface area contributed by atoms with Crippen molar-refractivity contribution < 1.29 is 0 Å². The van der Waals surface area contributed by atoms with Gasteiger partial charge in [-0.3, -0.25) is 0 Å². The molecule has 0 amide bonds. The number of hydrogen-bond donors (Lipinski definition) is 0. The summed E-state index contributed by atoms with van der Waals surface area (Å²) in [6.07, 6.45) is 0. The number of hydrogen-bond acceptors (Lipinski definition) is 9. The average Bonchev–Trinajstić information content (AvgIpc) is 4.01. The third kappa shape index (κ3) is 6.14. The van der Waals surface area contributed by atoms with Crippen LogP contribution in [0.4, 0.5) is 0 Å². The second-order valence-corrected chi connectivity index (χ2v) is 20.6. The molecule has 51 heavy (non-hydrogen) atoms. The summed E-state index contributed by atoms with van der Waals surface area (Å²) < 4.78 is 0. The zero-order valence-corrected chi connectivity index (χ0v) is 33.9. The van der Waals surface area contributed by atoms with E-state index in [2.05, 4.69) is 141 Å². The van der Waals surface area contributed by atoms with Crippen LogP contribution in [0, 0.1) is 0 Å². The Bertz CT molecular complexity index is 2340. The van der Waals surface area contributed by atoms with E-state index in [1.807, 2.05) is 102 Å². The average molecular weight is 817 g/mol. The molecule has 0 aliphatic carbocycles. The van der Waals surface area contributed by atoms with E-state index in [0.29, 0.717) is 0 Å². The topological polar surface area (TPSA) is 0 Å². The summed E-state index contributed by atoms with van der Waals surface area (Å²) in [6, 6.07) is 41.2. The van der Waals surface area contributed by atoms with Gasteiger partial charge in [0.05, 0.1) is 14.6 Å². The fourth-order valence-electron chi connectivity index (χ4n) is 6.30. The molecule has 0 saturated carbocycles. The van der Waals surface area contributed by atoms with Gasteiger partial charge in [0.1, 0.15) is 0 Å². The third-order valence-corrected chi connectivity index (χ3v) is 18.3. The molecule has 0 saturated heterocycles. The van der Waals surface area contributed by atoms with Gasteiger partial charge in [0.25, 0.3) is 0 Å². The first-order valence-corrected chi connectivity index (χ1v) is 23.8. The van der Waals surface area contributed by atoms with Crippen molar-refractivity contribution in [2.45, 2.75) is 0 Å². The number of thiophene rings is 9. The zero-order chi connectivity index (χ0) is 33.7. The Morgan fingerprint density at radius 1 is 0.255 bits per heavy atom. The highest BCUT2D eigenvalue weighted by atomic mass is 32.1. The van der Waals surface area contributed by atoms with Crippen molar-refractivity contribution in [2.24, 2.45) is 0 Å². The molecule has 0 atom stereocenters. The van der Waals surface area contributed by atoms with E-state index in [-0.39, 0.29) is 0 Å². The van der Waals surface area contributed by atoms with Crippen LogP contribution < -0.4 is 0 Å². The Labute approximate surface area is 332 Å². The normalized spacial score (nSPS) is 11.5. The van der Waals surface area contributed by atoms with Gasteiger partial charge in [-0.2, -0.15) is 0 Å². The summed E-state index contributed by atoms with van der Waals surface area (Å²) in [5.41, 5.74) is 7.66. The van der Waals surface area contributed by atoms with Crippen LogP contribution >= 0.6 is 102 Å². The SMILES string of the molecule is c1csc(-c2cc(-c3cc(-c4cc(-c5cccs5)sc4-c4cccs4)cc(-c4cc(-c5cccs5)sc4-c4cccs4)c3)c(-c3cccs3)s2)c1. The van der Waals surface area contributed by atoms with Gasteiger partial charge in [-0.25, -0.2) is 0 Å². The van der Waals surface area contributed by atoms with Crippen molar-refractivity contribution in [2.75, 3.05) is 0 Å².